The number of benzene rings is 3. The molecule has 0 aliphatic carbocycles. The maximum atomic E-state index is 12.3. The minimum absolute atomic E-state index is 0.0534. The molecule has 0 aliphatic rings. The first-order valence-corrected chi connectivity index (χ1v) is 13.6. The fourth-order valence-electron chi connectivity index (χ4n) is 3.77. The molecule has 0 aliphatic heterocycles. The zero-order chi connectivity index (χ0) is 25.4. The average molecular weight is 529 g/mol. The number of sulfone groups is 1. The molecule has 0 saturated heterocycles. The largest absolute Gasteiger partial charge is 0.384 e. The molecule has 182 valence electrons. The van der Waals surface area contributed by atoms with E-state index in [1.165, 1.54) is 0 Å². The number of hydrogen-bond acceptors (Lipinski definition) is 4. The predicted molar refractivity (Wildman–Crippen MR) is 141 cm³/mol. The summed E-state index contributed by atoms with van der Waals surface area (Å²) in [5.74, 6) is 0.735. The van der Waals surface area contributed by atoms with Gasteiger partial charge in [-0.25, -0.2) is 13.4 Å². The summed E-state index contributed by atoms with van der Waals surface area (Å²) in [4.78, 5) is 5.00. The highest BCUT2D eigenvalue weighted by Crippen LogP contribution is 2.30. The molecule has 0 atom stereocenters. The monoisotopic (exact) mass is 528 g/mol. The van der Waals surface area contributed by atoms with Crippen molar-refractivity contribution in [3.05, 3.63) is 100 Å². The van der Waals surface area contributed by atoms with Gasteiger partial charge in [0.15, 0.2) is 9.84 Å². The third kappa shape index (κ3) is 5.46. The molecule has 0 spiro atoms. The topological polar surface area (TPSA) is 72.2 Å². The Bertz CT molecular complexity index is 1450. The standard InChI is InChI=1S/C27H26Cl2N2O3S/c1-4-35(33,34)21-8-5-7-19(15-21)18-11-13-20(14-12-18)31-17-25(27(2,3)32)30-26(31)16-22-23(28)9-6-10-24(22)29/h5-15,17,32H,4,16H2,1-3H3. The zero-order valence-corrected chi connectivity index (χ0v) is 22.0. The van der Waals surface area contributed by atoms with Gasteiger partial charge >= 0.3 is 0 Å². The van der Waals surface area contributed by atoms with Gasteiger partial charge in [0.05, 0.1) is 16.3 Å². The molecule has 0 amide bonds. The maximum Gasteiger partial charge on any atom is 0.178 e. The summed E-state index contributed by atoms with van der Waals surface area (Å²) >= 11 is 12.8. The Balaban J connectivity index is 1.74. The summed E-state index contributed by atoms with van der Waals surface area (Å²) < 4.78 is 26.5. The summed E-state index contributed by atoms with van der Waals surface area (Å²) in [6.45, 7) is 5.01. The minimum Gasteiger partial charge on any atom is -0.384 e. The van der Waals surface area contributed by atoms with Crippen molar-refractivity contribution in [3.63, 3.8) is 0 Å². The van der Waals surface area contributed by atoms with Crippen LogP contribution in [0.25, 0.3) is 16.8 Å². The van der Waals surface area contributed by atoms with Crippen molar-refractivity contribution in [2.45, 2.75) is 37.7 Å². The van der Waals surface area contributed by atoms with E-state index in [4.69, 9.17) is 28.2 Å². The lowest BCUT2D eigenvalue weighted by Crippen LogP contribution is -2.15. The third-order valence-electron chi connectivity index (χ3n) is 5.85. The fourth-order valence-corrected chi connectivity index (χ4v) is 5.23. The fraction of sp³-hybridized carbons (Fsp3) is 0.222. The molecule has 5 nitrogen and oxygen atoms in total. The molecule has 1 N–H and O–H groups in total. The van der Waals surface area contributed by atoms with Gasteiger partial charge in [0.2, 0.25) is 0 Å². The number of aliphatic hydroxyl groups is 1. The summed E-state index contributed by atoms with van der Waals surface area (Å²) in [6.07, 6.45) is 2.19. The van der Waals surface area contributed by atoms with Crippen LogP contribution in [0.1, 0.15) is 37.9 Å². The van der Waals surface area contributed by atoms with Crippen LogP contribution in [0.3, 0.4) is 0 Å². The van der Waals surface area contributed by atoms with E-state index in [1.807, 2.05) is 41.1 Å². The molecular formula is C27H26Cl2N2O3S. The molecule has 0 unspecified atom stereocenters. The number of rotatable bonds is 7. The zero-order valence-electron chi connectivity index (χ0n) is 19.7. The Labute approximate surface area is 215 Å². The SMILES string of the molecule is CCS(=O)(=O)c1cccc(-c2ccc(-n3cc(C(C)(C)O)nc3Cc3c(Cl)cccc3Cl)cc2)c1. The van der Waals surface area contributed by atoms with Crippen molar-refractivity contribution in [2.75, 3.05) is 5.75 Å². The van der Waals surface area contributed by atoms with Gasteiger partial charge in [-0.15, -0.1) is 0 Å². The molecule has 3 aromatic carbocycles. The number of hydrogen-bond donors (Lipinski definition) is 1. The first kappa shape index (κ1) is 25.5. The van der Waals surface area contributed by atoms with Crippen molar-refractivity contribution in [2.24, 2.45) is 0 Å². The van der Waals surface area contributed by atoms with Gasteiger partial charge in [0.1, 0.15) is 11.4 Å². The first-order valence-electron chi connectivity index (χ1n) is 11.2. The van der Waals surface area contributed by atoms with Crippen LogP contribution in [0.5, 0.6) is 0 Å². The van der Waals surface area contributed by atoms with Gasteiger partial charge in [0, 0.05) is 28.4 Å². The van der Waals surface area contributed by atoms with Crippen molar-refractivity contribution in [1.82, 2.24) is 9.55 Å². The molecule has 8 heteroatoms. The van der Waals surface area contributed by atoms with E-state index in [0.29, 0.717) is 32.9 Å². The summed E-state index contributed by atoms with van der Waals surface area (Å²) in [6, 6.07) is 20.1. The van der Waals surface area contributed by atoms with Crippen molar-refractivity contribution in [3.8, 4) is 16.8 Å². The number of nitrogens with zero attached hydrogens (tertiary/aromatic N) is 2. The molecule has 4 aromatic rings. The average Bonchev–Trinajstić information content (AvgIpc) is 3.26. The predicted octanol–water partition coefficient (Wildman–Crippen LogP) is 6.46. The van der Waals surface area contributed by atoms with E-state index in [-0.39, 0.29) is 5.75 Å². The Morgan fingerprint density at radius 3 is 2.17 bits per heavy atom. The van der Waals surface area contributed by atoms with Crippen LogP contribution in [-0.2, 0) is 21.9 Å². The van der Waals surface area contributed by atoms with Gasteiger partial charge in [0.25, 0.3) is 0 Å². The second kappa shape index (κ2) is 9.78. The summed E-state index contributed by atoms with van der Waals surface area (Å²) in [5, 5.41) is 11.7. The molecule has 35 heavy (non-hydrogen) atoms. The molecule has 0 radical (unpaired) electrons. The molecular weight excluding hydrogens is 503 g/mol. The van der Waals surface area contributed by atoms with E-state index in [2.05, 4.69) is 0 Å². The lowest BCUT2D eigenvalue weighted by atomic mass is 10.1. The number of imidazole rings is 1. The van der Waals surface area contributed by atoms with Crippen LogP contribution >= 0.6 is 23.2 Å². The Kier molecular flexibility index (Phi) is 7.11. The van der Waals surface area contributed by atoms with E-state index < -0.39 is 15.4 Å². The summed E-state index contributed by atoms with van der Waals surface area (Å²) in [7, 11) is -3.29. The van der Waals surface area contributed by atoms with Crippen LogP contribution < -0.4 is 0 Å². The van der Waals surface area contributed by atoms with Gasteiger partial charge in [-0.05, 0) is 66.9 Å². The van der Waals surface area contributed by atoms with Gasteiger partial charge in [-0.1, -0.05) is 60.5 Å². The van der Waals surface area contributed by atoms with Crippen LogP contribution in [0.4, 0.5) is 0 Å². The smallest absolute Gasteiger partial charge is 0.178 e. The lowest BCUT2D eigenvalue weighted by Gasteiger charge is -2.13. The molecule has 1 aromatic heterocycles. The Morgan fingerprint density at radius 1 is 0.943 bits per heavy atom. The highest BCUT2D eigenvalue weighted by Gasteiger charge is 2.23. The lowest BCUT2D eigenvalue weighted by molar-refractivity contribution is 0.0741. The molecule has 1 heterocycles. The number of aromatic nitrogens is 2. The van der Waals surface area contributed by atoms with Crippen LogP contribution in [-0.4, -0.2) is 28.8 Å². The highest BCUT2D eigenvalue weighted by molar-refractivity contribution is 7.91. The second-order valence-corrected chi connectivity index (χ2v) is 11.9. The van der Waals surface area contributed by atoms with E-state index in [9.17, 15) is 13.5 Å². The van der Waals surface area contributed by atoms with Crippen LogP contribution in [0, 0.1) is 0 Å². The van der Waals surface area contributed by atoms with Crippen LogP contribution in [0.2, 0.25) is 10.0 Å². The van der Waals surface area contributed by atoms with E-state index in [0.717, 1.165) is 22.4 Å². The molecule has 0 saturated carbocycles. The first-order chi connectivity index (χ1) is 16.5. The van der Waals surface area contributed by atoms with E-state index in [1.54, 1.807) is 57.2 Å². The normalized spacial score (nSPS) is 12.2. The molecule has 0 fully saturated rings. The Morgan fingerprint density at radius 2 is 1.57 bits per heavy atom. The van der Waals surface area contributed by atoms with Crippen molar-refractivity contribution in [1.29, 1.82) is 0 Å². The van der Waals surface area contributed by atoms with Gasteiger partial charge in [-0.3, -0.25) is 0 Å². The Hall–Kier alpha value is -2.64. The summed E-state index contributed by atoms with van der Waals surface area (Å²) in [5.41, 5.74) is 2.70. The van der Waals surface area contributed by atoms with Crippen LogP contribution in [0.15, 0.2) is 77.8 Å². The number of halogens is 2. The second-order valence-electron chi connectivity index (χ2n) is 8.83. The molecule has 4 rings (SSSR count). The van der Waals surface area contributed by atoms with Crippen molar-refractivity contribution < 1.29 is 13.5 Å². The van der Waals surface area contributed by atoms with Gasteiger partial charge < -0.3 is 9.67 Å². The maximum absolute atomic E-state index is 12.3. The van der Waals surface area contributed by atoms with Crippen molar-refractivity contribution >= 4 is 33.0 Å². The highest BCUT2D eigenvalue weighted by atomic mass is 35.5. The quantitative estimate of drug-likeness (QED) is 0.298. The third-order valence-corrected chi connectivity index (χ3v) is 8.29. The van der Waals surface area contributed by atoms with E-state index >= 15 is 0 Å². The minimum atomic E-state index is -3.29. The van der Waals surface area contributed by atoms with Gasteiger partial charge in [-0.2, -0.15) is 0 Å². The molecule has 0 bridgehead atoms.